The molecule has 0 amide bonds. The van der Waals surface area contributed by atoms with Crippen LogP contribution in [0, 0.1) is 11.3 Å². The summed E-state index contributed by atoms with van der Waals surface area (Å²) in [4.78, 5) is 18.5. The third-order valence-corrected chi connectivity index (χ3v) is 4.01. The van der Waals surface area contributed by atoms with Crippen molar-refractivity contribution in [3.63, 3.8) is 0 Å². The Morgan fingerprint density at radius 1 is 1.33 bits per heavy atom. The zero-order chi connectivity index (χ0) is 20.1. The number of anilines is 4. The molecule has 27 heavy (non-hydrogen) atoms. The van der Waals surface area contributed by atoms with Gasteiger partial charge in [0.15, 0.2) is 5.69 Å². The van der Waals surface area contributed by atoms with E-state index in [9.17, 15) is 4.79 Å². The van der Waals surface area contributed by atoms with E-state index in [1.807, 2.05) is 57.1 Å². The van der Waals surface area contributed by atoms with E-state index in [2.05, 4.69) is 10.3 Å². The summed E-state index contributed by atoms with van der Waals surface area (Å²) in [7, 11) is 3.91. The number of aromatic nitrogens is 1. The Kier molecular flexibility index (Phi) is 6.39. The lowest BCUT2D eigenvalue weighted by atomic mass is 9.98. The maximum Gasteiger partial charge on any atom is 0.357 e. The molecule has 7 heteroatoms. The Balaban J connectivity index is 2.54. The number of ether oxygens (including phenoxy) is 1. The number of carbonyl (C=O) groups is 1. The van der Waals surface area contributed by atoms with Gasteiger partial charge in [-0.3, -0.25) is 0 Å². The van der Waals surface area contributed by atoms with Crippen molar-refractivity contribution in [2.45, 2.75) is 20.8 Å². The number of benzene rings is 1. The second-order valence-electron chi connectivity index (χ2n) is 6.68. The number of nitrogen functional groups attached to an aromatic ring is 1. The first-order chi connectivity index (χ1) is 12.7. The van der Waals surface area contributed by atoms with Gasteiger partial charge in [-0.1, -0.05) is 19.9 Å². The quantitative estimate of drug-likeness (QED) is 0.508. The monoisotopic (exact) mass is 369 g/mol. The first-order valence-corrected chi connectivity index (χ1v) is 8.85. The van der Waals surface area contributed by atoms with Crippen molar-refractivity contribution in [1.29, 1.82) is 5.41 Å². The Morgan fingerprint density at radius 2 is 2.04 bits per heavy atom. The van der Waals surface area contributed by atoms with Gasteiger partial charge in [-0.15, -0.1) is 0 Å². The smallest absolute Gasteiger partial charge is 0.357 e. The Morgan fingerprint density at radius 3 is 2.63 bits per heavy atom. The zero-order valence-electron chi connectivity index (χ0n) is 16.5. The molecule has 4 N–H and O–H groups in total. The molecule has 0 unspecified atom stereocenters. The lowest BCUT2D eigenvalue weighted by Crippen LogP contribution is -2.17. The summed E-state index contributed by atoms with van der Waals surface area (Å²) in [5, 5.41) is 11.6. The molecule has 1 aromatic heterocycles. The molecule has 144 valence electrons. The number of nitrogens with two attached hydrogens (primary N) is 1. The lowest BCUT2D eigenvalue weighted by molar-refractivity contribution is 0.0519. The van der Waals surface area contributed by atoms with Gasteiger partial charge in [0.25, 0.3) is 0 Å². The molecular weight excluding hydrogens is 342 g/mol. The number of pyridine rings is 1. The van der Waals surface area contributed by atoms with Gasteiger partial charge in [0, 0.05) is 36.9 Å². The summed E-state index contributed by atoms with van der Waals surface area (Å²) in [5.74, 6) is -0.221. The second-order valence-corrected chi connectivity index (χ2v) is 6.68. The number of nitrogens with zero attached hydrogens (tertiary/aromatic N) is 2. The molecule has 0 saturated heterocycles. The van der Waals surface area contributed by atoms with E-state index >= 15 is 0 Å². The summed E-state index contributed by atoms with van der Waals surface area (Å²) in [6.45, 7) is 5.81. The molecule has 0 aliphatic rings. The van der Waals surface area contributed by atoms with Gasteiger partial charge < -0.3 is 26.1 Å². The van der Waals surface area contributed by atoms with Crippen molar-refractivity contribution in [1.82, 2.24) is 4.98 Å². The Hall–Kier alpha value is -3.09. The van der Waals surface area contributed by atoms with Crippen LogP contribution < -0.4 is 16.0 Å². The third kappa shape index (κ3) is 4.75. The molecule has 0 fully saturated rings. The van der Waals surface area contributed by atoms with E-state index in [0.29, 0.717) is 22.8 Å². The van der Waals surface area contributed by atoms with E-state index in [1.54, 1.807) is 6.92 Å². The molecule has 2 aromatic rings. The van der Waals surface area contributed by atoms with Gasteiger partial charge in [0.2, 0.25) is 0 Å². The van der Waals surface area contributed by atoms with Gasteiger partial charge in [-0.2, -0.15) is 0 Å². The highest BCUT2D eigenvalue weighted by Crippen LogP contribution is 2.29. The number of rotatable bonds is 7. The summed E-state index contributed by atoms with van der Waals surface area (Å²) in [5.41, 5.74) is 9.26. The van der Waals surface area contributed by atoms with Crippen LogP contribution in [0.2, 0.25) is 0 Å². The highest BCUT2D eigenvalue weighted by molar-refractivity contribution is 6.09. The highest BCUT2D eigenvalue weighted by atomic mass is 16.5. The fraction of sp³-hybridized carbons (Fsp3) is 0.350. The van der Waals surface area contributed by atoms with Crippen molar-refractivity contribution < 1.29 is 9.53 Å². The van der Waals surface area contributed by atoms with Crippen molar-refractivity contribution in [3.05, 3.63) is 41.6 Å². The molecular formula is C20H27N5O2. The first-order valence-electron chi connectivity index (χ1n) is 8.85. The average Bonchev–Trinajstić information content (AvgIpc) is 2.61. The fourth-order valence-corrected chi connectivity index (χ4v) is 2.54. The number of hydrogen-bond donors (Lipinski definition) is 3. The zero-order valence-corrected chi connectivity index (χ0v) is 16.5. The van der Waals surface area contributed by atoms with Gasteiger partial charge in [0.05, 0.1) is 12.2 Å². The van der Waals surface area contributed by atoms with E-state index in [0.717, 1.165) is 11.4 Å². The normalized spacial score (nSPS) is 10.6. The van der Waals surface area contributed by atoms with Crippen LogP contribution >= 0.6 is 0 Å². The minimum atomic E-state index is -0.545. The van der Waals surface area contributed by atoms with Crippen LogP contribution in [0.15, 0.2) is 30.3 Å². The van der Waals surface area contributed by atoms with Crippen molar-refractivity contribution in [2.24, 2.45) is 5.92 Å². The summed E-state index contributed by atoms with van der Waals surface area (Å²) < 4.78 is 5.04. The summed E-state index contributed by atoms with van der Waals surface area (Å²) in [6, 6.07) is 9.22. The van der Waals surface area contributed by atoms with Crippen LogP contribution in [0.4, 0.5) is 22.9 Å². The SMILES string of the molecule is CCOC(=O)c1cc(N)c(C(=N)C(C)C)c(Nc2cccc(N(C)C)c2)n1. The van der Waals surface area contributed by atoms with Crippen molar-refractivity contribution >= 4 is 34.6 Å². The van der Waals surface area contributed by atoms with Crippen LogP contribution in [0.25, 0.3) is 0 Å². The number of esters is 1. The number of hydrogen-bond acceptors (Lipinski definition) is 7. The van der Waals surface area contributed by atoms with Gasteiger partial charge in [-0.05, 0) is 37.1 Å². The molecule has 0 radical (unpaired) electrons. The topological polar surface area (TPSA) is 104 Å². The molecule has 0 aliphatic carbocycles. The van der Waals surface area contributed by atoms with Crippen molar-refractivity contribution in [2.75, 3.05) is 36.7 Å². The molecule has 0 saturated carbocycles. The number of carbonyl (C=O) groups excluding carboxylic acids is 1. The van der Waals surface area contributed by atoms with E-state index in [4.69, 9.17) is 15.9 Å². The molecule has 2 rings (SSSR count). The largest absolute Gasteiger partial charge is 0.461 e. The predicted molar refractivity (Wildman–Crippen MR) is 110 cm³/mol. The average molecular weight is 369 g/mol. The Labute approximate surface area is 160 Å². The molecule has 0 atom stereocenters. The van der Waals surface area contributed by atoms with Crippen LogP contribution in [0.1, 0.15) is 36.8 Å². The minimum Gasteiger partial charge on any atom is -0.461 e. The van der Waals surface area contributed by atoms with E-state index < -0.39 is 5.97 Å². The minimum absolute atomic E-state index is 0.0452. The lowest BCUT2D eigenvalue weighted by Gasteiger charge is -2.19. The molecule has 0 spiro atoms. The van der Waals surface area contributed by atoms with Crippen LogP contribution in [-0.2, 0) is 4.74 Å². The fourth-order valence-electron chi connectivity index (χ4n) is 2.54. The first kappa shape index (κ1) is 20.2. The second kappa shape index (κ2) is 8.53. The maximum atomic E-state index is 12.1. The third-order valence-electron chi connectivity index (χ3n) is 4.01. The van der Waals surface area contributed by atoms with E-state index in [-0.39, 0.29) is 18.2 Å². The molecule has 0 bridgehead atoms. The van der Waals surface area contributed by atoms with Crippen LogP contribution in [0.3, 0.4) is 0 Å². The number of nitrogens with one attached hydrogen (secondary N) is 2. The standard InChI is InChI=1S/C20H27N5O2/c1-6-27-20(26)16-11-15(21)17(18(22)12(2)3)19(24-16)23-13-8-7-9-14(10-13)25(4)5/h7-12,22H,6H2,1-5H3,(H3,21,23,24). The van der Waals surface area contributed by atoms with Crippen LogP contribution in [-0.4, -0.2) is 37.4 Å². The van der Waals surface area contributed by atoms with Gasteiger partial charge in [0.1, 0.15) is 5.82 Å². The molecule has 1 heterocycles. The molecule has 1 aromatic carbocycles. The van der Waals surface area contributed by atoms with Gasteiger partial charge >= 0.3 is 5.97 Å². The van der Waals surface area contributed by atoms with E-state index in [1.165, 1.54) is 6.07 Å². The molecule has 7 nitrogen and oxygen atoms in total. The summed E-state index contributed by atoms with van der Waals surface area (Å²) in [6.07, 6.45) is 0. The van der Waals surface area contributed by atoms with Crippen molar-refractivity contribution in [3.8, 4) is 0 Å². The van der Waals surface area contributed by atoms with Crippen LogP contribution in [0.5, 0.6) is 0 Å². The molecule has 0 aliphatic heterocycles. The Bertz CT molecular complexity index is 846. The van der Waals surface area contributed by atoms with Gasteiger partial charge in [-0.25, -0.2) is 9.78 Å². The highest BCUT2D eigenvalue weighted by Gasteiger charge is 2.21. The predicted octanol–water partition coefficient (Wildman–Crippen LogP) is 3.67. The summed E-state index contributed by atoms with van der Waals surface area (Å²) >= 11 is 0. The maximum absolute atomic E-state index is 12.1.